The zero-order valence-electron chi connectivity index (χ0n) is 15.1. The van der Waals surface area contributed by atoms with Crippen LogP contribution in [0.3, 0.4) is 0 Å². The Balaban J connectivity index is 1.41. The van der Waals surface area contributed by atoms with Crippen LogP contribution in [-0.4, -0.2) is 90.8 Å². The summed E-state index contributed by atoms with van der Waals surface area (Å²) in [5, 5.41) is 10.9. The third-order valence-corrected chi connectivity index (χ3v) is 5.13. The van der Waals surface area contributed by atoms with Crippen LogP contribution in [0.25, 0.3) is 0 Å². The first kappa shape index (κ1) is 18.2. The number of piperazine rings is 1. The van der Waals surface area contributed by atoms with Gasteiger partial charge in [0, 0.05) is 39.3 Å². The smallest absolute Gasteiger partial charge is 0.226 e. The Morgan fingerprint density at radius 1 is 1.16 bits per heavy atom. The van der Waals surface area contributed by atoms with E-state index in [0.29, 0.717) is 39.1 Å². The van der Waals surface area contributed by atoms with E-state index in [4.69, 9.17) is 4.74 Å². The van der Waals surface area contributed by atoms with Crippen LogP contribution in [0.15, 0.2) is 30.3 Å². The molecule has 6 heteroatoms. The van der Waals surface area contributed by atoms with Gasteiger partial charge in [0.05, 0.1) is 25.2 Å². The number of carbonyl (C=O) groups excluding carboxylic acids is 1. The number of amides is 1. The van der Waals surface area contributed by atoms with Crippen molar-refractivity contribution in [3.05, 3.63) is 30.3 Å². The second kappa shape index (κ2) is 8.17. The van der Waals surface area contributed by atoms with Crippen LogP contribution < -0.4 is 4.74 Å². The molecule has 1 unspecified atom stereocenters. The summed E-state index contributed by atoms with van der Waals surface area (Å²) < 4.78 is 5.60. The number of benzene rings is 1. The summed E-state index contributed by atoms with van der Waals surface area (Å²) in [6.07, 6.45) is 1.00. The number of nitrogens with zero attached hydrogens (tertiary/aromatic N) is 3. The number of β-amino-alcohol motifs (C(OH)–C–C–N with tert-alkyl or cyclic N) is 1. The maximum Gasteiger partial charge on any atom is 0.226 e. The Hall–Kier alpha value is -1.63. The van der Waals surface area contributed by atoms with E-state index in [1.807, 2.05) is 30.3 Å². The third-order valence-electron chi connectivity index (χ3n) is 5.13. The summed E-state index contributed by atoms with van der Waals surface area (Å²) in [4.78, 5) is 18.8. The van der Waals surface area contributed by atoms with Gasteiger partial charge >= 0.3 is 0 Å². The van der Waals surface area contributed by atoms with E-state index in [0.717, 1.165) is 31.9 Å². The van der Waals surface area contributed by atoms with Gasteiger partial charge in [-0.3, -0.25) is 9.69 Å². The molecule has 0 spiro atoms. The molecule has 1 atom stereocenters. The first-order valence-electron chi connectivity index (χ1n) is 9.13. The van der Waals surface area contributed by atoms with Crippen molar-refractivity contribution in [2.75, 3.05) is 59.5 Å². The Bertz CT molecular complexity index is 560. The lowest BCUT2D eigenvalue weighted by Crippen LogP contribution is -2.52. The average Bonchev–Trinajstić information content (AvgIpc) is 3.00. The predicted molar refractivity (Wildman–Crippen MR) is 96.6 cm³/mol. The lowest BCUT2D eigenvalue weighted by molar-refractivity contribution is -0.131. The van der Waals surface area contributed by atoms with Gasteiger partial charge in [0.15, 0.2) is 0 Å². The lowest BCUT2D eigenvalue weighted by atomic mass is 10.0. The molecule has 0 saturated carbocycles. The average molecular weight is 347 g/mol. The molecular weight excluding hydrogens is 318 g/mol. The van der Waals surface area contributed by atoms with Crippen LogP contribution in [0, 0.1) is 0 Å². The number of hydrogen-bond donors (Lipinski definition) is 1. The van der Waals surface area contributed by atoms with Gasteiger partial charge in [-0.2, -0.15) is 0 Å². The minimum absolute atomic E-state index is 0.0604. The Morgan fingerprint density at radius 3 is 2.60 bits per heavy atom. The standard InChI is InChI=1S/C19H29N3O3/c1-20-10-12-21(13-11-20)15-19(24)8-9-22(16-19)18(23)7-14-25-17-5-3-2-4-6-17/h2-6,24H,7-16H2,1H3. The number of hydrogen-bond acceptors (Lipinski definition) is 5. The number of aliphatic hydroxyl groups is 1. The maximum absolute atomic E-state index is 12.4. The highest BCUT2D eigenvalue weighted by Gasteiger charge is 2.39. The molecule has 2 saturated heterocycles. The fraction of sp³-hybridized carbons (Fsp3) is 0.632. The Morgan fingerprint density at radius 2 is 1.88 bits per heavy atom. The normalized spacial score (nSPS) is 25.3. The van der Waals surface area contributed by atoms with Gasteiger partial charge in [-0.05, 0) is 25.6 Å². The van der Waals surface area contributed by atoms with Gasteiger partial charge in [0.2, 0.25) is 5.91 Å². The molecule has 0 aromatic heterocycles. The van der Waals surface area contributed by atoms with Gasteiger partial charge in [0.25, 0.3) is 0 Å². The SMILES string of the molecule is CN1CCN(CC2(O)CCN(C(=O)CCOc3ccccc3)C2)CC1. The highest BCUT2D eigenvalue weighted by atomic mass is 16.5. The zero-order chi connectivity index (χ0) is 17.7. The van der Waals surface area contributed by atoms with Crippen molar-refractivity contribution in [2.45, 2.75) is 18.4 Å². The fourth-order valence-corrected chi connectivity index (χ4v) is 3.55. The summed E-state index contributed by atoms with van der Waals surface area (Å²) in [5.74, 6) is 0.841. The molecule has 1 amide bonds. The van der Waals surface area contributed by atoms with Crippen molar-refractivity contribution in [1.29, 1.82) is 0 Å². The van der Waals surface area contributed by atoms with Crippen LogP contribution in [-0.2, 0) is 4.79 Å². The monoisotopic (exact) mass is 347 g/mol. The molecule has 25 heavy (non-hydrogen) atoms. The first-order chi connectivity index (χ1) is 12.0. The predicted octanol–water partition coefficient (Wildman–Crippen LogP) is 0.666. The van der Waals surface area contributed by atoms with E-state index in [1.54, 1.807) is 4.90 Å². The van der Waals surface area contributed by atoms with E-state index >= 15 is 0 Å². The topological polar surface area (TPSA) is 56.2 Å². The third kappa shape index (κ3) is 5.17. The van der Waals surface area contributed by atoms with E-state index in [-0.39, 0.29) is 5.91 Å². The number of rotatable bonds is 6. The van der Waals surface area contributed by atoms with E-state index in [2.05, 4.69) is 16.8 Å². The van der Waals surface area contributed by atoms with Gasteiger partial charge in [-0.1, -0.05) is 18.2 Å². The number of likely N-dealkylation sites (tertiary alicyclic amines) is 1. The molecule has 6 nitrogen and oxygen atoms in total. The van der Waals surface area contributed by atoms with Crippen LogP contribution >= 0.6 is 0 Å². The van der Waals surface area contributed by atoms with Crippen molar-refractivity contribution < 1.29 is 14.6 Å². The van der Waals surface area contributed by atoms with Gasteiger partial charge in [0.1, 0.15) is 5.75 Å². The molecule has 2 fully saturated rings. The molecule has 1 aromatic carbocycles. The van der Waals surface area contributed by atoms with Crippen molar-refractivity contribution in [1.82, 2.24) is 14.7 Å². The van der Waals surface area contributed by atoms with Crippen molar-refractivity contribution >= 4 is 5.91 Å². The molecule has 138 valence electrons. The Labute approximate surface area is 150 Å². The molecule has 1 N–H and O–H groups in total. The molecule has 0 aliphatic carbocycles. The molecule has 2 aliphatic rings. The zero-order valence-corrected chi connectivity index (χ0v) is 15.1. The molecule has 2 heterocycles. The van der Waals surface area contributed by atoms with E-state index in [9.17, 15) is 9.90 Å². The van der Waals surface area contributed by atoms with Gasteiger partial charge in [-0.25, -0.2) is 0 Å². The second-order valence-corrected chi connectivity index (χ2v) is 7.28. The van der Waals surface area contributed by atoms with Crippen molar-refractivity contribution in [3.63, 3.8) is 0 Å². The number of ether oxygens (including phenoxy) is 1. The summed E-state index contributed by atoms with van der Waals surface area (Å²) >= 11 is 0. The maximum atomic E-state index is 12.4. The fourth-order valence-electron chi connectivity index (χ4n) is 3.55. The van der Waals surface area contributed by atoms with Crippen LogP contribution in [0.4, 0.5) is 0 Å². The molecule has 3 rings (SSSR count). The van der Waals surface area contributed by atoms with Gasteiger partial charge < -0.3 is 19.6 Å². The molecule has 0 bridgehead atoms. The minimum atomic E-state index is -0.772. The summed E-state index contributed by atoms with van der Waals surface area (Å²) in [7, 11) is 2.12. The Kier molecular flexibility index (Phi) is 5.93. The highest BCUT2D eigenvalue weighted by Crippen LogP contribution is 2.23. The molecule has 0 radical (unpaired) electrons. The highest BCUT2D eigenvalue weighted by molar-refractivity contribution is 5.76. The second-order valence-electron chi connectivity index (χ2n) is 7.28. The van der Waals surface area contributed by atoms with Crippen molar-refractivity contribution in [2.24, 2.45) is 0 Å². The summed E-state index contributed by atoms with van der Waals surface area (Å²) in [6.45, 7) is 6.14. The van der Waals surface area contributed by atoms with Crippen LogP contribution in [0.5, 0.6) is 5.75 Å². The van der Waals surface area contributed by atoms with Gasteiger partial charge in [-0.15, -0.1) is 0 Å². The lowest BCUT2D eigenvalue weighted by Gasteiger charge is -2.36. The first-order valence-corrected chi connectivity index (χ1v) is 9.13. The number of carbonyl (C=O) groups is 1. The van der Waals surface area contributed by atoms with E-state index < -0.39 is 5.60 Å². The van der Waals surface area contributed by atoms with E-state index in [1.165, 1.54) is 0 Å². The van der Waals surface area contributed by atoms with Crippen LogP contribution in [0.1, 0.15) is 12.8 Å². The number of likely N-dealkylation sites (N-methyl/N-ethyl adjacent to an activating group) is 1. The van der Waals surface area contributed by atoms with Crippen LogP contribution in [0.2, 0.25) is 0 Å². The molecule has 2 aliphatic heterocycles. The summed E-state index contributed by atoms with van der Waals surface area (Å²) in [6, 6.07) is 9.53. The largest absolute Gasteiger partial charge is 0.493 e. The molecular formula is C19H29N3O3. The molecule has 1 aromatic rings. The minimum Gasteiger partial charge on any atom is -0.493 e. The summed E-state index contributed by atoms with van der Waals surface area (Å²) in [5.41, 5.74) is -0.772. The quantitative estimate of drug-likeness (QED) is 0.820. The number of para-hydroxylation sites is 1. The van der Waals surface area contributed by atoms with Crippen molar-refractivity contribution in [3.8, 4) is 5.75 Å².